The lowest BCUT2D eigenvalue weighted by Gasteiger charge is -2.16. The summed E-state index contributed by atoms with van der Waals surface area (Å²) in [5.41, 5.74) is 4.11. The second-order valence-corrected chi connectivity index (χ2v) is 5.11. The normalized spacial score (nSPS) is 12.7. The van der Waals surface area contributed by atoms with Crippen molar-refractivity contribution in [1.82, 2.24) is 5.43 Å². The van der Waals surface area contributed by atoms with Crippen molar-refractivity contribution in [3.63, 3.8) is 0 Å². The molecule has 2 rings (SSSR count). The first kappa shape index (κ1) is 12.5. The van der Waals surface area contributed by atoms with Gasteiger partial charge in [0.25, 0.3) is 0 Å². The molecule has 3 N–H and O–H groups in total. The van der Waals surface area contributed by atoms with Crippen molar-refractivity contribution in [2.24, 2.45) is 5.84 Å². The standard InChI is InChI=1S/C12H12ClFN2S/c1-7-2-3-10(14)8(6-7)11(16-15)12-9(13)4-5-17-12/h2-6,11,16H,15H2,1H3. The number of rotatable bonds is 3. The fourth-order valence-corrected chi connectivity index (χ4v) is 2.95. The summed E-state index contributed by atoms with van der Waals surface area (Å²) in [5, 5.41) is 2.45. The van der Waals surface area contributed by atoms with Gasteiger partial charge in [-0.2, -0.15) is 0 Å². The van der Waals surface area contributed by atoms with Crippen LogP contribution in [0, 0.1) is 12.7 Å². The Balaban J connectivity index is 2.49. The highest BCUT2D eigenvalue weighted by Crippen LogP contribution is 2.33. The van der Waals surface area contributed by atoms with E-state index in [9.17, 15) is 4.39 Å². The van der Waals surface area contributed by atoms with Crippen molar-refractivity contribution in [2.45, 2.75) is 13.0 Å². The molecule has 0 saturated heterocycles. The molecule has 0 aliphatic heterocycles. The van der Waals surface area contributed by atoms with Crippen molar-refractivity contribution in [3.05, 3.63) is 56.5 Å². The van der Waals surface area contributed by atoms with Crippen molar-refractivity contribution in [3.8, 4) is 0 Å². The molecule has 0 bridgehead atoms. The summed E-state index contributed by atoms with van der Waals surface area (Å²) in [6.07, 6.45) is 0. The molecule has 0 radical (unpaired) electrons. The number of hydrogen-bond donors (Lipinski definition) is 2. The zero-order chi connectivity index (χ0) is 12.4. The van der Waals surface area contributed by atoms with Crippen molar-refractivity contribution in [1.29, 1.82) is 0 Å². The molecule has 1 aromatic heterocycles. The van der Waals surface area contributed by atoms with E-state index in [4.69, 9.17) is 17.4 Å². The maximum Gasteiger partial charge on any atom is 0.128 e. The number of nitrogens with one attached hydrogen (secondary N) is 1. The molecular formula is C12H12ClFN2S. The molecule has 17 heavy (non-hydrogen) atoms. The Morgan fingerprint density at radius 2 is 2.18 bits per heavy atom. The fourth-order valence-electron chi connectivity index (χ4n) is 1.70. The Kier molecular flexibility index (Phi) is 3.79. The summed E-state index contributed by atoms with van der Waals surface area (Å²) in [4.78, 5) is 0.818. The number of aryl methyl sites for hydroxylation is 1. The topological polar surface area (TPSA) is 38.0 Å². The monoisotopic (exact) mass is 270 g/mol. The summed E-state index contributed by atoms with van der Waals surface area (Å²) in [7, 11) is 0. The molecule has 0 aliphatic carbocycles. The minimum absolute atomic E-state index is 0.289. The molecule has 1 atom stereocenters. The van der Waals surface area contributed by atoms with Crippen LogP contribution in [0.1, 0.15) is 22.0 Å². The van der Waals surface area contributed by atoms with E-state index in [0.717, 1.165) is 10.4 Å². The molecule has 0 aliphatic rings. The van der Waals surface area contributed by atoms with Crippen LogP contribution in [-0.2, 0) is 0 Å². The Morgan fingerprint density at radius 1 is 1.41 bits per heavy atom. The number of halogens is 2. The zero-order valence-electron chi connectivity index (χ0n) is 9.21. The highest BCUT2D eigenvalue weighted by atomic mass is 35.5. The Bertz CT molecular complexity index is 527. The molecule has 1 heterocycles. The lowest BCUT2D eigenvalue weighted by atomic mass is 10.0. The van der Waals surface area contributed by atoms with Crippen molar-refractivity contribution < 1.29 is 4.39 Å². The third-order valence-corrected chi connectivity index (χ3v) is 3.96. The van der Waals surface area contributed by atoms with Gasteiger partial charge < -0.3 is 0 Å². The van der Waals surface area contributed by atoms with E-state index in [1.165, 1.54) is 17.4 Å². The molecule has 1 unspecified atom stereocenters. The summed E-state index contributed by atoms with van der Waals surface area (Å²) >= 11 is 7.50. The van der Waals surface area contributed by atoms with E-state index < -0.39 is 6.04 Å². The second-order valence-electron chi connectivity index (χ2n) is 3.76. The Labute approximate surface area is 108 Å². The van der Waals surface area contributed by atoms with Crippen LogP contribution >= 0.6 is 22.9 Å². The van der Waals surface area contributed by atoms with Crippen LogP contribution in [0.4, 0.5) is 4.39 Å². The van der Waals surface area contributed by atoms with Gasteiger partial charge in [-0.05, 0) is 24.4 Å². The van der Waals surface area contributed by atoms with Crippen LogP contribution in [0.3, 0.4) is 0 Å². The predicted molar refractivity (Wildman–Crippen MR) is 69.6 cm³/mol. The molecule has 5 heteroatoms. The second kappa shape index (κ2) is 5.14. The van der Waals surface area contributed by atoms with Crippen molar-refractivity contribution >= 4 is 22.9 Å². The van der Waals surface area contributed by atoms with Gasteiger partial charge in [0.15, 0.2) is 0 Å². The molecule has 1 aromatic carbocycles. The van der Waals surface area contributed by atoms with Gasteiger partial charge >= 0.3 is 0 Å². The van der Waals surface area contributed by atoms with E-state index in [-0.39, 0.29) is 5.82 Å². The largest absolute Gasteiger partial charge is 0.271 e. The van der Waals surface area contributed by atoms with Crippen LogP contribution in [0.25, 0.3) is 0 Å². The first-order chi connectivity index (χ1) is 8.13. The van der Waals surface area contributed by atoms with Gasteiger partial charge in [-0.15, -0.1) is 11.3 Å². The number of thiophene rings is 1. The highest BCUT2D eigenvalue weighted by molar-refractivity contribution is 7.10. The molecule has 2 nitrogen and oxygen atoms in total. The third kappa shape index (κ3) is 2.50. The maximum atomic E-state index is 13.8. The van der Waals surface area contributed by atoms with Gasteiger partial charge in [0.2, 0.25) is 0 Å². The minimum atomic E-state index is -0.414. The van der Waals surface area contributed by atoms with Gasteiger partial charge in [-0.3, -0.25) is 5.84 Å². The quantitative estimate of drug-likeness (QED) is 0.663. The molecule has 0 saturated carbocycles. The summed E-state index contributed by atoms with van der Waals surface area (Å²) in [6.45, 7) is 1.91. The predicted octanol–water partition coefficient (Wildman–Crippen LogP) is 3.40. The molecule has 0 amide bonds. The Morgan fingerprint density at radius 3 is 2.76 bits per heavy atom. The van der Waals surface area contributed by atoms with Crippen LogP contribution in [0.2, 0.25) is 5.02 Å². The number of nitrogens with two attached hydrogens (primary N) is 1. The van der Waals surface area contributed by atoms with Gasteiger partial charge in [0.1, 0.15) is 5.82 Å². The van der Waals surface area contributed by atoms with Gasteiger partial charge in [0.05, 0.1) is 11.1 Å². The lowest BCUT2D eigenvalue weighted by Crippen LogP contribution is -2.29. The highest BCUT2D eigenvalue weighted by Gasteiger charge is 2.20. The van der Waals surface area contributed by atoms with Gasteiger partial charge in [-0.1, -0.05) is 29.3 Å². The number of hydrazine groups is 1. The molecule has 0 fully saturated rings. The minimum Gasteiger partial charge on any atom is -0.271 e. The average molecular weight is 271 g/mol. The smallest absolute Gasteiger partial charge is 0.128 e. The number of hydrogen-bond acceptors (Lipinski definition) is 3. The van der Waals surface area contributed by atoms with E-state index in [1.807, 2.05) is 12.3 Å². The molecule has 2 aromatic rings. The molecule has 90 valence electrons. The Hall–Kier alpha value is -0.940. The lowest BCUT2D eigenvalue weighted by molar-refractivity contribution is 0.563. The summed E-state index contributed by atoms with van der Waals surface area (Å²) < 4.78 is 13.8. The first-order valence-corrected chi connectivity index (χ1v) is 6.34. The van der Waals surface area contributed by atoms with Gasteiger partial charge in [-0.25, -0.2) is 9.82 Å². The van der Waals surface area contributed by atoms with Crippen molar-refractivity contribution in [2.75, 3.05) is 0 Å². The van der Waals surface area contributed by atoms with Crippen LogP contribution in [0.15, 0.2) is 29.6 Å². The summed E-state index contributed by atoms with van der Waals surface area (Å²) in [6, 6.07) is 6.30. The zero-order valence-corrected chi connectivity index (χ0v) is 10.8. The van der Waals surface area contributed by atoms with Crippen LogP contribution < -0.4 is 11.3 Å². The number of benzene rings is 1. The molecular weight excluding hydrogens is 259 g/mol. The first-order valence-electron chi connectivity index (χ1n) is 5.08. The molecule has 0 spiro atoms. The van der Waals surface area contributed by atoms with E-state index in [2.05, 4.69) is 5.43 Å². The maximum absolute atomic E-state index is 13.8. The van der Waals surface area contributed by atoms with Crippen LogP contribution in [-0.4, -0.2) is 0 Å². The fraction of sp³-hybridized carbons (Fsp3) is 0.167. The average Bonchev–Trinajstić information content (AvgIpc) is 2.71. The van der Waals surface area contributed by atoms with E-state index in [0.29, 0.717) is 10.6 Å². The van der Waals surface area contributed by atoms with E-state index in [1.54, 1.807) is 18.2 Å². The third-order valence-electron chi connectivity index (χ3n) is 2.54. The van der Waals surface area contributed by atoms with Crippen LogP contribution in [0.5, 0.6) is 0 Å². The van der Waals surface area contributed by atoms with Gasteiger partial charge in [0, 0.05) is 10.4 Å². The SMILES string of the molecule is Cc1ccc(F)c(C(NN)c2sccc2Cl)c1. The summed E-state index contributed by atoms with van der Waals surface area (Å²) in [5.74, 6) is 5.23. The van der Waals surface area contributed by atoms with E-state index >= 15 is 0 Å².